The molecule has 1 amide bonds. The standard InChI is InChI=1S/C17H22ClN3O2/c1-3-21-16(18)15(12(2)20-21)17(23)19-11-14(9-10-22)13-7-5-4-6-8-13/h4-8,14,22H,3,9-11H2,1-2H3,(H,19,23). The Labute approximate surface area is 141 Å². The Bertz CT molecular complexity index is 655. The number of hydrogen-bond acceptors (Lipinski definition) is 3. The average Bonchev–Trinajstić information content (AvgIpc) is 2.86. The number of aliphatic hydroxyl groups is 1. The molecule has 0 bridgehead atoms. The van der Waals surface area contributed by atoms with Crippen LogP contribution in [-0.4, -0.2) is 33.9 Å². The average molecular weight is 336 g/mol. The van der Waals surface area contributed by atoms with E-state index in [1.807, 2.05) is 37.3 Å². The number of benzene rings is 1. The SMILES string of the molecule is CCn1nc(C)c(C(=O)NCC(CCO)c2ccccc2)c1Cl. The zero-order chi connectivity index (χ0) is 16.8. The highest BCUT2D eigenvalue weighted by molar-refractivity contribution is 6.33. The number of hydrogen-bond donors (Lipinski definition) is 2. The summed E-state index contributed by atoms with van der Waals surface area (Å²) in [6.07, 6.45) is 0.589. The van der Waals surface area contributed by atoms with Gasteiger partial charge in [-0.1, -0.05) is 41.9 Å². The third-order valence-electron chi connectivity index (χ3n) is 3.85. The molecular weight excluding hydrogens is 314 g/mol. The molecule has 23 heavy (non-hydrogen) atoms. The van der Waals surface area contributed by atoms with Crippen molar-refractivity contribution in [3.05, 3.63) is 52.3 Å². The number of nitrogens with zero attached hydrogens (tertiary/aromatic N) is 2. The lowest BCUT2D eigenvalue weighted by Crippen LogP contribution is -2.29. The van der Waals surface area contributed by atoms with E-state index in [2.05, 4.69) is 10.4 Å². The Balaban J connectivity index is 2.09. The van der Waals surface area contributed by atoms with Crippen LogP contribution >= 0.6 is 11.6 Å². The van der Waals surface area contributed by atoms with Gasteiger partial charge in [0.15, 0.2) is 0 Å². The summed E-state index contributed by atoms with van der Waals surface area (Å²) in [5, 5.41) is 16.8. The third kappa shape index (κ3) is 4.12. The minimum atomic E-state index is -0.230. The lowest BCUT2D eigenvalue weighted by molar-refractivity contribution is 0.0949. The Morgan fingerprint density at radius 3 is 2.65 bits per heavy atom. The molecule has 1 unspecified atom stereocenters. The van der Waals surface area contributed by atoms with E-state index in [4.69, 9.17) is 11.6 Å². The largest absolute Gasteiger partial charge is 0.396 e. The smallest absolute Gasteiger partial charge is 0.256 e. The maximum Gasteiger partial charge on any atom is 0.256 e. The third-order valence-corrected chi connectivity index (χ3v) is 4.23. The fourth-order valence-electron chi connectivity index (χ4n) is 2.59. The molecule has 0 saturated carbocycles. The van der Waals surface area contributed by atoms with Gasteiger partial charge >= 0.3 is 0 Å². The van der Waals surface area contributed by atoms with Gasteiger partial charge in [0.1, 0.15) is 5.15 Å². The first-order valence-electron chi connectivity index (χ1n) is 7.75. The predicted octanol–water partition coefficient (Wildman–Crippen LogP) is 2.76. The van der Waals surface area contributed by atoms with Crippen LogP contribution in [0.5, 0.6) is 0 Å². The predicted molar refractivity (Wildman–Crippen MR) is 90.9 cm³/mol. The molecule has 5 nitrogen and oxygen atoms in total. The molecule has 0 spiro atoms. The van der Waals surface area contributed by atoms with Crippen LogP contribution in [0, 0.1) is 6.92 Å². The first kappa shape index (κ1) is 17.5. The summed E-state index contributed by atoms with van der Waals surface area (Å²) in [5.74, 6) is -0.170. The Morgan fingerprint density at radius 1 is 1.39 bits per heavy atom. The second-order valence-corrected chi connectivity index (χ2v) is 5.75. The number of nitrogens with one attached hydrogen (secondary N) is 1. The van der Waals surface area contributed by atoms with Crippen LogP contribution in [0.1, 0.15) is 40.9 Å². The van der Waals surface area contributed by atoms with Gasteiger partial charge in [0.25, 0.3) is 5.91 Å². The van der Waals surface area contributed by atoms with Crippen LogP contribution in [-0.2, 0) is 6.54 Å². The monoisotopic (exact) mass is 335 g/mol. The second kappa shape index (κ2) is 8.13. The molecule has 0 aliphatic heterocycles. The maximum absolute atomic E-state index is 12.4. The van der Waals surface area contributed by atoms with Gasteiger partial charge < -0.3 is 10.4 Å². The number of carbonyl (C=O) groups is 1. The van der Waals surface area contributed by atoms with Gasteiger partial charge in [-0.2, -0.15) is 5.10 Å². The zero-order valence-corrected chi connectivity index (χ0v) is 14.2. The number of aryl methyl sites for hydroxylation is 2. The van der Waals surface area contributed by atoms with E-state index in [0.29, 0.717) is 35.9 Å². The summed E-state index contributed by atoms with van der Waals surface area (Å²) >= 11 is 6.22. The molecule has 1 atom stereocenters. The summed E-state index contributed by atoms with van der Waals surface area (Å²) in [4.78, 5) is 12.4. The summed E-state index contributed by atoms with van der Waals surface area (Å²) in [5.41, 5.74) is 2.13. The van der Waals surface area contributed by atoms with E-state index in [1.54, 1.807) is 11.6 Å². The molecule has 2 aromatic rings. The van der Waals surface area contributed by atoms with E-state index in [0.717, 1.165) is 5.56 Å². The molecule has 0 saturated heterocycles. The van der Waals surface area contributed by atoms with Crippen molar-refractivity contribution in [2.45, 2.75) is 32.7 Å². The summed E-state index contributed by atoms with van der Waals surface area (Å²) < 4.78 is 1.61. The molecule has 0 fully saturated rings. The van der Waals surface area contributed by atoms with E-state index in [1.165, 1.54) is 0 Å². The van der Waals surface area contributed by atoms with Crippen molar-refractivity contribution < 1.29 is 9.90 Å². The molecular formula is C17H22ClN3O2. The Hall–Kier alpha value is -1.85. The van der Waals surface area contributed by atoms with E-state index in [9.17, 15) is 9.90 Å². The molecule has 0 aliphatic rings. The summed E-state index contributed by atoms with van der Waals surface area (Å²) in [6.45, 7) is 4.83. The van der Waals surface area contributed by atoms with Gasteiger partial charge in [0.2, 0.25) is 0 Å². The van der Waals surface area contributed by atoms with Gasteiger partial charge in [-0.05, 0) is 25.8 Å². The molecule has 1 aromatic carbocycles. The van der Waals surface area contributed by atoms with Gasteiger partial charge in [0.05, 0.1) is 11.3 Å². The lowest BCUT2D eigenvalue weighted by atomic mass is 9.96. The number of halogens is 1. The zero-order valence-electron chi connectivity index (χ0n) is 13.4. The number of rotatable bonds is 7. The lowest BCUT2D eigenvalue weighted by Gasteiger charge is -2.17. The number of aromatic nitrogens is 2. The molecule has 1 heterocycles. The minimum absolute atomic E-state index is 0.0606. The Kier molecular flexibility index (Phi) is 6.19. The van der Waals surface area contributed by atoms with Crippen molar-refractivity contribution in [2.75, 3.05) is 13.2 Å². The van der Waals surface area contributed by atoms with Crippen molar-refractivity contribution in [3.8, 4) is 0 Å². The molecule has 2 rings (SSSR count). The molecule has 0 aliphatic carbocycles. The summed E-state index contributed by atoms with van der Waals surface area (Å²) in [7, 11) is 0. The van der Waals surface area contributed by atoms with Gasteiger partial charge in [0, 0.05) is 25.6 Å². The maximum atomic E-state index is 12.4. The van der Waals surface area contributed by atoms with Crippen molar-refractivity contribution >= 4 is 17.5 Å². The van der Waals surface area contributed by atoms with Crippen LogP contribution < -0.4 is 5.32 Å². The number of amides is 1. The van der Waals surface area contributed by atoms with Crippen LogP contribution in [0.3, 0.4) is 0 Å². The highest BCUT2D eigenvalue weighted by atomic mass is 35.5. The highest BCUT2D eigenvalue weighted by Crippen LogP contribution is 2.21. The van der Waals surface area contributed by atoms with E-state index in [-0.39, 0.29) is 18.4 Å². The van der Waals surface area contributed by atoms with Crippen molar-refractivity contribution in [3.63, 3.8) is 0 Å². The van der Waals surface area contributed by atoms with Crippen molar-refractivity contribution in [1.82, 2.24) is 15.1 Å². The molecule has 6 heteroatoms. The fourth-order valence-corrected chi connectivity index (χ4v) is 2.97. The van der Waals surface area contributed by atoms with Crippen LogP contribution in [0.2, 0.25) is 5.15 Å². The van der Waals surface area contributed by atoms with Crippen LogP contribution in [0.4, 0.5) is 0 Å². The quantitative estimate of drug-likeness (QED) is 0.817. The second-order valence-electron chi connectivity index (χ2n) is 5.40. The highest BCUT2D eigenvalue weighted by Gasteiger charge is 2.21. The van der Waals surface area contributed by atoms with Gasteiger partial charge in [-0.15, -0.1) is 0 Å². The van der Waals surface area contributed by atoms with Crippen molar-refractivity contribution in [2.24, 2.45) is 0 Å². The Morgan fingerprint density at radius 2 is 2.09 bits per heavy atom. The van der Waals surface area contributed by atoms with Crippen molar-refractivity contribution in [1.29, 1.82) is 0 Å². The van der Waals surface area contributed by atoms with E-state index < -0.39 is 0 Å². The first-order chi connectivity index (χ1) is 11.1. The number of carbonyl (C=O) groups excluding carboxylic acids is 1. The molecule has 1 aromatic heterocycles. The van der Waals surface area contributed by atoms with Crippen LogP contribution in [0.25, 0.3) is 0 Å². The molecule has 124 valence electrons. The molecule has 2 N–H and O–H groups in total. The first-order valence-corrected chi connectivity index (χ1v) is 8.13. The van der Waals surface area contributed by atoms with Crippen LogP contribution in [0.15, 0.2) is 30.3 Å². The fraction of sp³-hybridized carbons (Fsp3) is 0.412. The van der Waals surface area contributed by atoms with Gasteiger partial charge in [-0.25, -0.2) is 0 Å². The molecule has 0 radical (unpaired) electrons. The number of aliphatic hydroxyl groups excluding tert-OH is 1. The summed E-state index contributed by atoms with van der Waals surface area (Å²) in [6, 6.07) is 9.85. The van der Waals surface area contributed by atoms with E-state index >= 15 is 0 Å². The normalized spacial score (nSPS) is 12.2. The van der Waals surface area contributed by atoms with Gasteiger partial charge in [-0.3, -0.25) is 9.48 Å². The minimum Gasteiger partial charge on any atom is -0.396 e. The topological polar surface area (TPSA) is 67.2 Å².